The Morgan fingerprint density at radius 1 is 2.00 bits per heavy atom. The quantitative estimate of drug-likeness (QED) is 0.538. The lowest BCUT2D eigenvalue weighted by atomic mass is 10.6. The normalized spacial score (nSPS) is 17.9. The summed E-state index contributed by atoms with van der Waals surface area (Å²) in [6, 6.07) is 0. The van der Waals surface area contributed by atoms with Crippen molar-refractivity contribution < 1.29 is 4.74 Å². The molecule has 0 aromatic carbocycles. The Morgan fingerprint density at radius 3 is 3.38 bits per heavy atom. The van der Waals surface area contributed by atoms with Gasteiger partial charge in [-0.15, -0.1) is 0 Å². The van der Waals surface area contributed by atoms with Crippen molar-refractivity contribution in [1.29, 1.82) is 0 Å². The van der Waals surface area contributed by atoms with Crippen molar-refractivity contribution in [2.24, 2.45) is 4.99 Å². The minimum Gasteiger partial charge on any atom is -0.377 e. The maximum absolute atomic E-state index is 4.81. The summed E-state index contributed by atoms with van der Waals surface area (Å²) in [5, 5.41) is 3.03. The zero-order valence-corrected chi connectivity index (χ0v) is 4.85. The summed E-state index contributed by atoms with van der Waals surface area (Å²) in [6.45, 7) is 3.27. The third-order valence-electron chi connectivity index (χ3n) is 0.926. The van der Waals surface area contributed by atoms with Gasteiger partial charge >= 0.3 is 0 Å². The Hall–Kier alpha value is -0.570. The molecule has 0 fully saturated rings. The smallest absolute Gasteiger partial charge is 0.123 e. The van der Waals surface area contributed by atoms with Crippen LogP contribution in [0.25, 0.3) is 0 Å². The van der Waals surface area contributed by atoms with E-state index in [1.54, 1.807) is 7.11 Å². The molecule has 1 radical (unpaired) electrons. The van der Waals surface area contributed by atoms with Crippen LogP contribution in [0.2, 0.25) is 0 Å². The number of hydrogen-bond donors (Lipinski definition) is 1. The standard InChI is InChI=1S/C5H9N2O/c1-8-4-5-6-2-3-7-5/h2H,3-4H2,1H3,(H,6,7). The number of rotatable bonds is 2. The molecule has 8 heavy (non-hydrogen) atoms. The van der Waals surface area contributed by atoms with Crippen LogP contribution in [0.5, 0.6) is 0 Å². The molecule has 1 aliphatic rings. The van der Waals surface area contributed by atoms with Gasteiger partial charge in [-0.3, -0.25) is 4.99 Å². The summed E-state index contributed by atoms with van der Waals surface area (Å²) in [4.78, 5) is 3.98. The van der Waals surface area contributed by atoms with E-state index in [9.17, 15) is 0 Å². The van der Waals surface area contributed by atoms with Gasteiger partial charge in [-0.2, -0.15) is 0 Å². The topological polar surface area (TPSA) is 33.6 Å². The zero-order valence-electron chi connectivity index (χ0n) is 4.85. The lowest BCUT2D eigenvalue weighted by Gasteiger charge is -1.96. The van der Waals surface area contributed by atoms with E-state index in [-0.39, 0.29) is 0 Å². The summed E-state index contributed by atoms with van der Waals surface area (Å²) in [7, 11) is 1.66. The first-order valence-electron chi connectivity index (χ1n) is 2.54. The summed E-state index contributed by atoms with van der Waals surface area (Å²) in [6.07, 6.45) is 0. The number of methoxy groups -OCH3 is 1. The Labute approximate surface area is 48.8 Å². The van der Waals surface area contributed by atoms with Gasteiger partial charge in [-0.1, -0.05) is 0 Å². The molecule has 1 aliphatic heterocycles. The second kappa shape index (κ2) is 2.67. The summed E-state index contributed by atoms with van der Waals surface area (Å²) < 4.78 is 4.81. The van der Waals surface area contributed by atoms with Crippen molar-refractivity contribution in [3.05, 3.63) is 6.54 Å². The molecule has 0 aliphatic carbocycles. The van der Waals surface area contributed by atoms with Crippen molar-refractivity contribution in [3.63, 3.8) is 0 Å². The lowest BCUT2D eigenvalue weighted by molar-refractivity contribution is 0.243. The van der Waals surface area contributed by atoms with Crippen LogP contribution in [0.15, 0.2) is 4.99 Å². The Morgan fingerprint density at radius 2 is 2.88 bits per heavy atom. The molecule has 3 nitrogen and oxygen atoms in total. The number of ether oxygens (including phenoxy) is 1. The van der Waals surface area contributed by atoms with Gasteiger partial charge in [0.2, 0.25) is 0 Å². The van der Waals surface area contributed by atoms with Crippen LogP contribution in [0, 0.1) is 6.54 Å². The van der Waals surface area contributed by atoms with Crippen LogP contribution in [0.4, 0.5) is 0 Å². The van der Waals surface area contributed by atoms with Crippen LogP contribution in [-0.2, 0) is 4.74 Å². The summed E-state index contributed by atoms with van der Waals surface area (Å²) in [5.41, 5.74) is 0. The van der Waals surface area contributed by atoms with Gasteiger partial charge in [0.15, 0.2) is 0 Å². The molecule has 0 saturated carbocycles. The molecule has 3 heteroatoms. The molecule has 1 N–H and O–H groups in total. The molecule has 0 bridgehead atoms. The molecule has 0 spiro atoms. The summed E-state index contributed by atoms with van der Waals surface area (Å²) >= 11 is 0. The number of aliphatic imine (C=N–C) groups is 1. The maximum Gasteiger partial charge on any atom is 0.123 e. The first-order chi connectivity index (χ1) is 3.93. The van der Waals surface area contributed by atoms with Crippen molar-refractivity contribution >= 4 is 5.84 Å². The largest absolute Gasteiger partial charge is 0.377 e. The van der Waals surface area contributed by atoms with Gasteiger partial charge < -0.3 is 10.1 Å². The highest BCUT2D eigenvalue weighted by Gasteiger charge is 2.01. The average Bonchev–Trinajstić information content (AvgIpc) is 2.19. The van der Waals surface area contributed by atoms with Crippen LogP contribution in [0.3, 0.4) is 0 Å². The van der Waals surface area contributed by atoms with E-state index in [1.165, 1.54) is 0 Å². The molecular formula is C5H9N2O. The third kappa shape index (κ3) is 1.20. The van der Waals surface area contributed by atoms with E-state index >= 15 is 0 Å². The van der Waals surface area contributed by atoms with Gasteiger partial charge in [-0.25, -0.2) is 0 Å². The minimum absolute atomic E-state index is 0.594. The fourth-order valence-electron chi connectivity index (χ4n) is 0.590. The highest BCUT2D eigenvalue weighted by molar-refractivity contribution is 5.85. The molecule has 0 aromatic heterocycles. The first-order valence-corrected chi connectivity index (χ1v) is 2.54. The van der Waals surface area contributed by atoms with E-state index in [1.807, 2.05) is 6.54 Å². The molecule has 0 amide bonds. The van der Waals surface area contributed by atoms with Crippen LogP contribution in [-0.4, -0.2) is 26.1 Å². The van der Waals surface area contributed by atoms with Crippen molar-refractivity contribution in [2.75, 3.05) is 20.3 Å². The Kier molecular flexibility index (Phi) is 1.86. The summed E-state index contributed by atoms with van der Waals surface area (Å²) in [5.74, 6) is 0.924. The predicted molar refractivity (Wildman–Crippen MR) is 31.6 cm³/mol. The van der Waals surface area contributed by atoms with Crippen LogP contribution < -0.4 is 5.32 Å². The molecule has 0 aromatic rings. The van der Waals surface area contributed by atoms with Crippen LogP contribution in [0.1, 0.15) is 0 Å². The monoisotopic (exact) mass is 113 g/mol. The molecule has 0 saturated heterocycles. The fraction of sp³-hybridized carbons (Fsp3) is 0.600. The zero-order chi connectivity index (χ0) is 5.82. The molecule has 1 heterocycles. The average molecular weight is 113 g/mol. The van der Waals surface area contributed by atoms with Gasteiger partial charge in [0.25, 0.3) is 0 Å². The van der Waals surface area contributed by atoms with E-state index in [2.05, 4.69) is 10.3 Å². The van der Waals surface area contributed by atoms with Gasteiger partial charge in [-0.05, 0) is 0 Å². The van der Waals surface area contributed by atoms with E-state index in [0.29, 0.717) is 6.61 Å². The van der Waals surface area contributed by atoms with E-state index in [0.717, 1.165) is 12.4 Å². The third-order valence-corrected chi connectivity index (χ3v) is 0.926. The molecule has 1 rings (SSSR count). The highest BCUT2D eigenvalue weighted by Crippen LogP contribution is 1.88. The van der Waals surface area contributed by atoms with Crippen molar-refractivity contribution in [1.82, 2.24) is 5.32 Å². The fourth-order valence-corrected chi connectivity index (χ4v) is 0.590. The molecule has 45 valence electrons. The number of amidine groups is 1. The van der Waals surface area contributed by atoms with Gasteiger partial charge in [0.05, 0.1) is 6.54 Å². The molecule has 0 atom stereocenters. The lowest BCUT2D eigenvalue weighted by Crippen LogP contribution is -2.22. The maximum atomic E-state index is 4.81. The van der Waals surface area contributed by atoms with E-state index in [4.69, 9.17) is 4.74 Å². The first kappa shape index (κ1) is 5.56. The molecule has 0 unspecified atom stereocenters. The van der Waals surface area contributed by atoms with Gasteiger partial charge in [0.1, 0.15) is 12.4 Å². The van der Waals surface area contributed by atoms with Crippen molar-refractivity contribution in [2.45, 2.75) is 0 Å². The number of nitrogens with one attached hydrogen (secondary N) is 1. The number of hydrogen-bond acceptors (Lipinski definition) is 3. The van der Waals surface area contributed by atoms with Crippen molar-refractivity contribution in [3.8, 4) is 0 Å². The Bertz CT molecular complexity index is 101. The van der Waals surface area contributed by atoms with Crippen LogP contribution >= 0.6 is 0 Å². The number of nitrogens with zero attached hydrogens (tertiary/aromatic N) is 1. The second-order valence-electron chi connectivity index (χ2n) is 1.57. The van der Waals surface area contributed by atoms with E-state index < -0.39 is 0 Å². The highest BCUT2D eigenvalue weighted by atomic mass is 16.5. The predicted octanol–water partition coefficient (Wildman–Crippen LogP) is -0.204. The molecular weight excluding hydrogens is 104 g/mol. The minimum atomic E-state index is 0.594. The second-order valence-corrected chi connectivity index (χ2v) is 1.57. The SMILES string of the molecule is COCC1=N[CH]CN1. The van der Waals surface area contributed by atoms with Gasteiger partial charge in [0, 0.05) is 13.7 Å². The Balaban J connectivity index is 2.23.